The molecule has 184 valence electrons. The van der Waals surface area contributed by atoms with Gasteiger partial charge in [0.25, 0.3) is 5.91 Å². The van der Waals surface area contributed by atoms with Gasteiger partial charge in [-0.15, -0.1) is 0 Å². The van der Waals surface area contributed by atoms with Gasteiger partial charge < -0.3 is 30.7 Å². The van der Waals surface area contributed by atoms with E-state index >= 15 is 0 Å². The lowest BCUT2D eigenvalue weighted by molar-refractivity contribution is 0.0211. The molecule has 3 heterocycles. The number of amides is 2. The molecule has 4 N–H and O–H groups in total. The number of rotatable bonds is 4. The number of aromatic nitrogens is 2. The number of nitrogens with two attached hydrogens (primary N) is 2. The molecule has 0 spiro atoms. The molecule has 2 aliphatic rings. The molecule has 2 atom stereocenters. The number of primary amides is 1. The van der Waals surface area contributed by atoms with E-state index in [2.05, 4.69) is 5.10 Å². The molecular weight excluding hydrogens is 443 g/mol. The number of carbonyl (C=O) groups is 2. The Labute approximate surface area is 197 Å². The zero-order valence-corrected chi connectivity index (χ0v) is 19.9. The van der Waals surface area contributed by atoms with Gasteiger partial charge in [-0.2, -0.15) is 5.10 Å². The van der Waals surface area contributed by atoms with Crippen LogP contribution in [0.15, 0.2) is 18.2 Å². The van der Waals surface area contributed by atoms with E-state index < -0.39 is 23.7 Å². The topological polar surface area (TPSA) is 129 Å². The second-order valence-corrected chi connectivity index (χ2v) is 9.76. The number of fused-ring (bicyclic) bond motifs is 1. The Balaban J connectivity index is 1.61. The van der Waals surface area contributed by atoms with E-state index in [0.29, 0.717) is 30.2 Å². The number of carbonyl (C=O) groups excluding carboxylic acids is 2. The second-order valence-electron chi connectivity index (χ2n) is 9.76. The molecule has 2 amide bonds. The Morgan fingerprint density at radius 3 is 2.74 bits per heavy atom. The van der Waals surface area contributed by atoms with Crippen LogP contribution in [0, 0.1) is 5.82 Å². The minimum absolute atomic E-state index is 0.0887. The fraction of sp³-hybridized carbons (Fsp3) is 0.522. The zero-order chi connectivity index (χ0) is 24.8. The number of likely N-dealkylation sites (tertiary alicyclic amines) is 1. The van der Waals surface area contributed by atoms with E-state index in [1.165, 1.54) is 22.9 Å². The monoisotopic (exact) mass is 474 g/mol. The van der Waals surface area contributed by atoms with Crippen LogP contribution >= 0.6 is 0 Å². The zero-order valence-electron chi connectivity index (χ0n) is 19.9. The average Bonchev–Trinajstić information content (AvgIpc) is 3.32. The third-order valence-electron chi connectivity index (χ3n) is 6.00. The first kappa shape index (κ1) is 23.7. The summed E-state index contributed by atoms with van der Waals surface area (Å²) in [5.74, 6) is -0.499. The van der Waals surface area contributed by atoms with Crippen molar-refractivity contribution in [3.05, 3.63) is 35.3 Å². The van der Waals surface area contributed by atoms with Crippen LogP contribution in [0.3, 0.4) is 0 Å². The molecule has 0 radical (unpaired) electrons. The highest BCUT2D eigenvalue weighted by molar-refractivity contribution is 5.98. The van der Waals surface area contributed by atoms with Crippen LogP contribution in [0.4, 0.5) is 20.7 Å². The number of anilines is 2. The molecule has 1 aromatic carbocycles. The maximum absolute atomic E-state index is 13.7. The molecular formula is C23H31FN6O4. The highest BCUT2D eigenvalue weighted by atomic mass is 19.1. The normalized spacial score (nSPS) is 20.1. The van der Waals surface area contributed by atoms with Crippen molar-refractivity contribution in [1.82, 2.24) is 14.7 Å². The van der Waals surface area contributed by atoms with Gasteiger partial charge in [-0.25, -0.2) is 13.9 Å². The number of hydrogen-bond acceptors (Lipinski definition) is 7. The molecule has 34 heavy (non-hydrogen) atoms. The first-order valence-corrected chi connectivity index (χ1v) is 11.3. The van der Waals surface area contributed by atoms with Gasteiger partial charge in [0.05, 0.1) is 24.8 Å². The fourth-order valence-electron chi connectivity index (χ4n) is 4.47. The van der Waals surface area contributed by atoms with Crippen molar-refractivity contribution in [2.24, 2.45) is 5.73 Å². The first-order valence-electron chi connectivity index (χ1n) is 11.3. The summed E-state index contributed by atoms with van der Waals surface area (Å²) in [6.45, 7) is 6.64. The molecule has 0 bridgehead atoms. The van der Waals surface area contributed by atoms with Crippen molar-refractivity contribution < 1.29 is 23.5 Å². The Morgan fingerprint density at radius 2 is 2.06 bits per heavy atom. The van der Waals surface area contributed by atoms with Crippen LogP contribution < -0.4 is 21.1 Å². The first-order chi connectivity index (χ1) is 15.9. The Hall–Kier alpha value is -3.50. The van der Waals surface area contributed by atoms with Crippen LogP contribution in [-0.2, 0) is 11.3 Å². The molecule has 1 fully saturated rings. The third kappa shape index (κ3) is 4.59. The highest BCUT2D eigenvalue weighted by Gasteiger charge is 2.36. The largest absolute Gasteiger partial charge is 0.480 e. The maximum Gasteiger partial charge on any atom is 0.410 e. The van der Waals surface area contributed by atoms with Crippen LogP contribution in [0.1, 0.15) is 55.8 Å². The van der Waals surface area contributed by atoms with E-state index in [0.717, 1.165) is 12.8 Å². The Kier molecular flexibility index (Phi) is 6.05. The summed E-state index contributed by atoms with van der Waals surface area (Å²) in [6.07, 6.45) is 0.544. The van der Waals surface area contributed by atoms with Gasteiger partial charge in [-0.3, -0.25) is 4.79 Å². The molecule has 1 saturated heterocycles. The summed E-state index contributed by atoms with van der Waals surface area (Å²) in [5.41, 5.74) is 12.4. The Morgan fingerprint density at radius 1 is 1.32 bits per heavy atom. The minimum atomic E-state index is -0.717. The predicted molar refractivity (Wildman–Crippen MR) is 124 cm³/mol. The third-order valence-corrected chi connectivity index (χ3v) is 6.00. The van der Waals surface area contributed by atoms with Gasteiger partial charge >= 0.3 is 6.09 Å². The van der Waals surface area contributed by atoms with E-state index in [9.17, 15) is 14.0 Å². The van der Waals surface area contributed by atoms with Crippen molar-refractivity contribution in [2.75, 3.05) is 30.8 Å². The standard InChI is InChI=1S/C23H31FN6O4/c1-23(2,3)34-22(32)29-9-5-6-14(29)11-30-20(25)18(21(26)31)19(27-30)17-12-28(4)15-10-13(24)7-8-16(15)33-17/h7-8,10,14,17H,5-6,9,11-12,25H2,1-4H3,(H2,26,31). The van der Waals surface area contributed by atoms with Gasteiger partial charge in [-0.05, 0) is 45.7 Å². The fourth-order valence-corrected chi connectivity index (χ4v) is 4.47. The molecule has 4 rings (SSSR count). The number of hydrogen-bond donors (Lipinski definition) is 2. The summed E-state index contributed by atoms with van der Waals surface area (Å²) in [5, 5.41) is 4.60. The molecule has 11 heteroatoms. The lowest BCUT2D eigenvalue weighted by Crippen LogP contribution is -2.41. The molecule has 10 nitrogen and oxygen atoms in total. The molecule has 2 aliphatic heterocycles. The molecule has 0 saturated carbocycles. The summed E-state index contributed by atoms with van der Waals surface area (Å²) < 4.78 is 26.8. The van der Waals surface area contributed by atoms with Crippen LogP contribution in [0.2, 0.25) is 0 Å². The predicted octanol–water partition coefficient (Wildman–Crippen LogP) is 2.67. The summed E-state index contributed by atoms with van der Waals surface area (Å²) in [4.78, 5) is 28.5. The van der Waals surface area contributed by atoms with Crippen molar-refractivity contribution in [2.45, 2.75) is 57.9 Å². The van der Waals surface area contributed by atoms with E-state index in [1.54, 1.807) is 11.9 Å². The number of nitrogen functional groups attached to an aromatic ring is 1. The number of likely N-dealkylation sites (N-methyl/N-ethyl adjacent to an activating group) is 1. The van der Waals surface area contributed by atoms with E-state index in [-0.39, 0.29) is 29.8 Å². The molecule has 2 unspecified atom stereocenters. The SMILES string of the molecule is CN1CC(c2nn(CC3CCCN3C(=O)OC(C)(C)C)c(N)c2C(N)=O)Oc2ccc(F)cc21. The lowest BCUT2D eigenvalue weighted by Gasteiger charge is -2.33. The van der Waals surface area contributed by atoms with Crippen LogP contribution in [0.25, 0.3) is 0 Å². The van der Waals surface area contributed by atoms with Gasteiger partial charge in [-0.1, -0.05) is 0 Å². The highest BCUT2D eigenvalue weighted by Crippen LogP contribution is 2.39. The smallest absolute Gasteiger partial charge is 0.410 e. The number of benzene rings is 1. The number of halogens is 1. The number of nitrogens with zero attached hydrogens (tertiary/aromatic N) is 4. The van der Waals surface area contributed by atoms with Crippen molar-refractivity contribution in [1.29, 1.82) is 0 Å². The van der Waals surface area contributed by atoms with Crippen molar-refractivity contribution >= 4 is 23.5 Å². The maximum atomic E-state index is 13.7. The lowest BCUT2D eigenvalue weighted by atomic mass is 10.1. The van der Waals surface area contributed by atoms with Crippen molar-refractivity contribution in [3.63, 3.8) is 0 Å². The quantitative estimate of drug-likeness (QED) is 0.697. The summed E-state index contributed by atoms with van der Waals surface area (Å²) >= 11 is 0. The van der Waals surface area contributed by atoms with Gasteiger partial charge in [0.15, 0.2) is 6.10 Å². The number of ether oxygens (including phenoxy) is 2. The summed E-state index contributed by atoms with van der Waals surface area (Å²) in [6, 6.07) is 4.04. The average molecular weight is 475 g/mol. The molecule has 1 aromatic heterocycles. The molecule has 0 aliphatic carbocycles. The van der Waals surface area contributed by atoms with Crippen molar-refractivity contribution in [3.8, 4) is 5.75 Å². The molecule has 2 aromatic rings. The van der Waals surface area contributed by atoms with Gasteiger partial charge in [0.1, 0.15) is 34.2 Å². The van der Waals surface area contributed by atoms with Gasteiger partial charge in [0.2, 0.25) is 0 Å². The minimum Gasteiger partial charge on any atom is -0.480 e. The van der Waals surface area contributed by atoms with Gasteiger partial charge in [0, 0.05) is 19.7 Å². The van der Waals surface area contributed by atoms with E-state index in [4.69, 9.17) is 20.9 Å². The van der Waals surface area contributed by atoms with E-state index in [1.807, 2.05) is 25.7 Å². The Bertz CT molecular complexity index is 1110. The second kappa shape index (κ2) is 8.69. The van der Waals surface area contributed by atoms with Crippen LogP contribution in [-0.4, -0.2) is 58.5 Å². The summed E-state index contributed by atoms with van der Waals surface area (Å²) in [7, 11) is 1.80. The van der Waals surface area contributed by atoms with Crippen LogP contribution in [0.5, 0.6) is 5.75 Å².